The molecule has 0 aliphatic carbocycles. The van der Waals surface area contributed by atoms with E-state index in [0.717, 1.165) is 17.9 Å². The van der Waals surface area contributed by atoms with Gasteiger partial charge in [-0.3, -0.25) is 0 Å². The van der Waals surface area contributed by atoms with E-state index >= 15 is 0 Å². The second kappa shape index (κ2) is 7.31. The van der Waals surface area contributed by atoms with Gasteiger partial charge in [-0.25, -0.2) is 9.78 Å². The third-order valence-electron chi connectivity index (χ3n) is 4.87. The summed E-state index contributed by atoms with van der Waals surface area (Å²) in [6.07, 6.45) is 0.979. The van der Waals surface area contributed by atoms with Crippen molar-refractivity contribution in [2.24, 2.45) is 0 Å². The summed E-state index contributed by atoms with van der Waals surface area (Å²) in [5.41, 5.74) is 4.39. The van der Waals surface area contributed by atoms with E-state index in [1.54, 1.807) is 12.1 Å². The van der Waals surface area contributed by atoms with E-state index in [0.29, 0.717) is 23.2 Å². The van der Waals surface area contributed by atoms with Gasteiger partial charge < -0.3 is 15.0 Å². The number of aromatic nitrogens is 2. The molecule has 0 saturated heterocycles. The van der Waals surface area contributed by atoms with Gasteiger partial charge in [0, 0.05) is 23.5 Å². The Balaban J connectivity index is 1.71. The van der Waals surface area contributed by atoms with Gasteiger partial charge in [-0.2, -0.15) is 4.98 Å². The van der Waals surface area contributed by atoms with E-state index in [9.17, 15) is 4.79 Å². The molecule has 6 heteroatoms. The monoisotopic (exact) mass is 374 g/mol. The van der Waals surface area contributed by atoms with Crippen LogP contribution in [0.3, 0.4) is 0 Å². The molecule has 1 atom stereocenters. The minimum Gasteiger partial charge on any atom is -0.465 e. The summed E-state index contributed by atoms with van der Waals surface area (Å²) in [6, 6.07) is 17.8. The first-order chi connectivity index (χ1) is 13.6. The predicted molar refractivity (Wildman–Crippen MR) is 110 cm³/mol. The number of anilines is 4. The molecule has 0 radical (unpaired) electrons. The molecule has 6 nitrogen and oxygen atoms in total. The molecule has 2 heterocycles. The van der Waals surface area contributed by atoms with E-state index in [-0.39, 0.29) is 0 Å². The first kappa shape index (κ1) is 18.0. The molecule has 1 aliphatic rings. The van der Waals surface area contributed by atoms with E-state index in [1.165, 1.54) is 18.4 Å². The van der Waals surface area contributed by atoms with Crippen LogP contribution in [0.4, 0.5) is 23.1 Å². The average Bonchev–Trinajstić information content (AvgIpc) is 3.03. The Labute approximate surface area is 164 Å². The van der Waals surface area contributed by atoms with Gasteiger partial charge >= 0.3 is 5.97 Å². The molecular formula is C22H22N4O2. The summed E-state index contributed by atoms with van der Waals surface area (Å²) in [4.78, 5) is 23.5. The molecule has 4 rings (SSSR count). The molecule has 1 aromatic heterocycles. The van der Waals surface area contributed by atoms with Gasteiger partial charge in [-0.05, 0) is 44.0 Å². The maximum Gasteiger partial charge on any atom is 0.339 e. The molecule has 1 unspecified atom stereocenters. The summed E-state index contributed by atoms with van der Waals surface area (Å²) >= 11 is 0. The lowest BCUT2D eigenvalue weighted by Crippen LogP contribution is -2.25. The van der Waals surface area contributed by atoms with Gasteiger partial charge in [0.25, 0.3) is 0 Å². The van der Waals surface area contributed by atoms with Gasteiger partial charge in [0.05, 0.1) is 18.4 Å². The zero-order valence-corrected chi connectivity index (χ0v) is 16.1. The number of esters is 1. The van der Waals surface area contributed by atoms with Crippen LogP contribution in [-0.2, 0) is 11.2 Å². The quantitative estimate of drug-likeness (QED) is 0.683. The highest BCUT2D eigenvalue weighted by Crippen LogP contribution is 2.37. The van der Waals surface area contributed by atoms with Gasteiger partial charge in [-0.1, -0.05) is 30.3 Å². The highest BCUT2D eigenvalue weighted by molar-refractivity contribution is 5.96. The summed E-state index contributed by atoms with van der Waals surface area (Å²) in [7, 11) is 1.37. The number of hydrogen-bond donors (Lipinski definition) is 1. The van der Waals surface area contributed by atoms with Gasteiger partial charge in [-0.15, -0.1) is 0 Å². The first-order valence-corrected chi connectivity index (χ1v) is 9.24. The first-order valence-electron chi connectivity index (χ1n) is 9.24. The summed E-state index contributed by atoms with van der Waals surface area (Å²) < 4.78 is 4.87. The van der Waals surface area contributed by atoms with Crippen molar-refractivity contribution < 1.29 is 9.53 Å². The van der Waals surface area contributed by atoms with Crippen LogP contribution in [0.5, 0.6) is 0 Å². The molecule has 0 amide bonds. The third kappa shape index (κ3) is 3.29. The number of carbonyl (C=O) groups excluding carboxylic acids is 1. The number of methoxy groups -OCH3 is 1. The zero-order chi connectivity index (χ0) is 19.7. The van der Waals surface area contributed by atoms with Crippen LogP contribution in [0.15, 0.2) is 54.6 Å². The molecule has 0 fully saturated rings. The van der Waals surface area contributed by atoms with Crippen molar-refractivity contribution in [2.45, 2.75) is 26.3 Å². The van der Waals surface area contributed by atoms with Gasteiger partial charge in [0.2, 0.25) is 5.95 Å². The summed E-state index contributed by atoms with van der Waals surface area (Å²) in [5, 5.41) is 3.18. The molecule has 3 aromatic rings. The Bertz CT molecular complexity index is 1030. The standard InChI is InChI=1S/C22H22N4O2/c1-14-12-20(26-15(2)13-16-8-4-7-11-19(16)26)25-22(23-14)24-18-10-6-5-9-17(18)21(27)28-3/h4-12,15H,13H2,1-3H3,(H,23,24,25). The van der Waals surface area contributed by atoms with Crippen LogP contribution in [0.25, 0.3) is 0 Å². The van der Waals surface area contributed by atoms with Crippen LogP contribution >= 0.6 is 0 Å². The Morgan fingerprint density at radius 2 is 1.89 bits per heavy atom. The van der Waals surface area contributed by atoms with Crippen LogP contribution < -0.4 is 10.2 Å². The Morgan fingerprint density at radius 1 is 1.14 bits per heavy atom. The normalized spacial score (nSPS) is 15.2. The SMILES string of the molecule is COC(=O)c1ccccc1Nc1nc(C)cc(N2c3ccccc3CC2C)n1. The fourth-order valence-corrected chi connectivity index (χ4v) is 3.65. The number of aryl methyl sites for hydroxylation is 1. The maximum atomic E-state index is 12.0. The number of rotatable bonds is 4. The number of para-hydroxylation sites is 2. The molecule has 0 saturated carbocycles. The number of carbonyl (C=O) groups is 1. The number of benzene rings is 2. The maximum absolute atomic E-state index is 12.0. The van der Waals surface area contributed by atoms with E-state index in [4.69, 9.17) is 9.72 Å². The molecule has 0 bridgehead atoms. The Kier molecular flexibility index (Phi) is 4.69. The van der Waals surface area contributed by atoms with Crippen molar-refractivity contribution in [3.05, 3.63) is 71.4 Å². The highest BCUT2D eigenvalue weighted by atomic mass is 16.5. The highest BCUT2D eigenvalue weighted by Gasteiger charge is 2.28. The fourth-order valence-electron chi connectivity index (χ4n) is 3.65. The number of nitrogens with one attached hydrogen (secondary N) is 1. The lowest BCUT2D eigenvalue weighted by atomic mass is 10.1. The predicted octanol–water partition coefficient (Wildman–Crippen LogP) is 4.40. The van der Waals surface area contributed by atoms with Crippen LogP contribution in [0.2, 0.25) is 0 Å². The van der Waals surface area contributed by atoms with E-state index in [1.807, 2.05) is 31.2 Å². The molecule has 1 aliphatic heterocycles. The third-order valence-corrected chi connectivity index (χ3v) is 4.87. The van der Waals surface area contributed by atoms with E-state index in [2.05, 4.69) is 40.3 Å². The second-order valence-corrected chi connectivity index (χ2v) is 6.91. The van der Waals surface area contributed by atoms with Crippen LogP contribution in [0.1, 0.15) is 28.5 Å². The van der Waals surface area contributed by atoms with Crippen molar-refractivity contribution >= 4 is 29.1 Å². The van der Waals surface area contributed by atoms with Gasteiger partial charge in [0.15, 0.2) is 0 Å². The largest absolute Gasteiger partial charge is 0.465 e. The van der Waals surface area contributed by atoms with Gasteiger partial charge in [0.1, 0.15) is 5.82 Å². The molecule has 0 spiro atoms. The zero-order valence-electron chi connectivity index (χ0n) is 16.1. The van der Waals surface area contributed by atoms with Crippen LogP contribution in [-0.4, -0.2) is 29.1 Å². The van der Waals surface area contributed by atoms with Crippen molar-refractivity contribution in [1.29, 1.82) is 0 Å². The minimum atomic E-state index is -0.405. The summed E-state index contributed by atoms with van der Waals surface area (Å²) in [5.74, 6) is 0.879. The number of hydrogen-bond acceptors (Lipinski definition) is 6. The molecular weight excluding hydrogens is 352 g/mol. The van der Waals surface area contributed by atoms with Crippen molar-refractivity contribution in [3.8, 4) is 0 Å². The van der Waals surface area contributed by atoms with Crippen molar-refractivity contribution in [1.82, 2.24) is 9.97 Å². The average molecular weight is 374 g/mol. The Morgan fingerprint density at radius 3 is 2.71 bits per heavy atom. The lowest BCUT2D eigenvalue weighted by Gasteiger charge is -2.24. The number of fused-ring (bicyclic) bond motifs is 1. The smallest absolute Gasteiger partial charge is 0.339 e. The summed E-state index contributed by atoms with van der Waals surface area (Å²) in [6.45, 7) is 4.13. The topological polar surface area (TPSA) is 67.3 Å². The Hall–Kier alpha value is -3.41. The number of nitrogens with zero attached hydrogens (tertiary/aromatic N) is 3. The van der Waals surface area contributed by atoms with Crippen molar-refractivity contribution in [2.75, 3.05) is 17.3 Å². The molecule has 142 valence electrons. The second-order valence-electron chi connectivity index (χ2n) is 6.91. The van der Waals surface area contributed by atoms with Crippen LogP contribution in [0, 0.1) is 6.92 Å². The molecule has 1 N–H and O–H groups in total. The van der Waals surface area contributed by atoms with E-state index < -0.39 is 5.97 Å². The fraction of sp³-hybridized carbons (Fsp3) is 0.227. The molecule has 2 aromatic carbocycles. The lowest BCUT2D eigenvalue weighted by molar-refractivity contribution is 0.0602. The molecule has 28 heavy (non-hydrogen) atoms. The van der Waals surface area contributed by atoms with Crippen molar-refractivity contribution in [3.63, 3.8) is 0 Å². The number of ether oxygens (including phenoxy) is 1. The minimum absolute atomic E-state index is 0.307.